The second-order valence-corrected chi connectivity index (χ2v) is 6.78. The van der Waals surface area contributed by atoms with E-state index < -0.39 is 6.10 Å². The van der Waals surface area contributed by atoms with Crippen LogP contribution in [0.25, 0.3) is 0 Å². The molecule has 118 valence electrons. The van der Waals surface area contributed by atoms with Crippen LogP contribution in [0, 0.1) is 5.92 Å². The number of rotatable bonds is 7. The Morgan fingerprint density at radius 2 is 2.00 bits per heavy atom. The maximum Gasteiger partial charge on any atom is 0.0945 e. The van der Waals surface area contributed by atoms with Crippen LogP contribution in [0.4, 0.5) is 5.69 Å². The third kappa shape index (κ3) is 5.53. The molecule has 1 fully saturated rings. The van der Waals surface area contributed by atoms with Gasteiger partial charge in [0.1, 0.15) is 0 Å². The highest BCUT2D eigenvalue weighted by Crippen LogP contribution is 2.26. The Bertz CT molecular complexity index is 410. The molecule has 1 aliphatic carbocycles. The summed E-state index contributed by atoms with van der Waals surface area (Å²) in [6.07, 6.45) is 6.89. The first kappa shape index (κ1) is 16.7. The van der Waals surface area contributed by atoms with Crippen LogP contribution in [0.1, 0.15) is 32.6 Å². The smallest absolute Gasteiger partial charge is 0.0945 e. The summed E-state index contributed by atoms with van der Waals surface area (Å²) >= 11 is 1.73. The van der Waals surface area contributed by atoms with Gasteiger partial charge in [0.25, 0.3) is 0 Å². The first-order valence-corrected chi connectivity index (χ1v) is 9.09. The van der Waals surface area contributed by atoms with E-state index in [2.05, 4.69) is 30.6 Å². The van der Waals surface area contributed by atoms with Gasteiger partial charge in [0, 0.05) is 17.1 Å². The molecule has 3 atom stereocenters. The van der Waals surface area contributed by atoms with Gasteiger partial charge < -0.3 is 15.2 Å². The van der Waals surface area contributed by atoms with Crippen molar-refractivity contribution in [2.24, 2.45) is 5.92 Å². The molecule has 3 nitrogen and oxygen atoms in total. The lowest BCUT2D eigenvalue weighted by Crippen LogP contribution is -2.32. The van der Waals surface area contributed by atoms with E-state index in [1.165, 1.54) is 24.2 Å². The van der Waals surface area contributed by atoms with Crippen molar-refractivity contribution in [3.63, 3.8) is 0 Å². The van der Waals surface area contributed by atoms with E-state index >= 15 is 0 Å². The molecule has 0 aliphatic heterocycles. The number of aliphatic hydroxyl groups excluding tert-OH is 1. The summed E-state index contributed by atoms with van der Waals surface area (Å²) in [6, 6.07) is 8.25. The summed E-state index contributed by atoms with van der Waals surface area (Å²) in [4.78, 5) is 1.25. The summed E-state index contributed by atoms with van der Waals surface area (Å²) in [5, 5.41) is 13.3. The average molecular weight is 309 g/mol. The topological polar surface area (TPSA) is 41.5 Å². The minimum Gasteiger partial charge on any atom is -0.389 e. The largest absolute Gasteiger partial charge is 0.389 e. The van der Waals surface area contributed by atoms with Crippen molar-refractivity contribution in [3.8, 4) is 0 Å². The lowest BCUT2D eigenvalue weighted by Gasteiger charge is -2.29. The van der Waals surface area contributed by atoms with Gasteiger partial charge in [0.15, 0.2) is 0 Å². The Balaban J connectivity index is 1.67. The minimum absolute atomic E-state index is 0.328. The highest BCUT2D eigenvalue weighted by atomic mass is 32.2. The average Bonchev–Trinajstić information content (AvgIpc) is 2.52. The second-order valence-electron chi connectivity index (χ2n) is 5.90. The van der Waals surface area contributed by atoms with Crippen LogP contribution in [0.2, 0.25) is 0 Å². The van der Waals surface area contributed by atoms with Gasteiger partial charge in [0.2, 0.25) is 0 Å². The Kier molecular flexibility index (Phi) is 6.87. The number of thioether (sulfide) groups is 1. The van der Waals surface area contributed by atoms with E-state index in [-0.39, 0.29) is 0 Å². The first-order chi connectivity index (χ1) is 10.2. The lowest BCUT2D eigenvalue weighted by atomic mass is 9.88. The maximum absolute atomic E-state index is 10.0. The number of hydrogen-bond acceptors (Lipinski definition) is 4. The molecule has 0 amide bonds. The summed E-state index contributed by atoms with van der Waals surface area (Å²) in [5.74, 6) is 0.623. The van der Waals surface area contributed by atoms with E-state index in [4.69, 9.17) is 4.74 Å². The van der Waals surface area contributed by atoms with Crippen molar-refractivity contribution in [2.75, 3.05) is 24.7 Å². The van der Waals surface area contributed by atoms with Crippen molar-refractivity contribution in [1.82, 2.24) is 0 Å². The van der Waals surface area contributed by atoms with Gasteiger partial charge in [-0.3, -0.25) is 0 Å². The molecule has 1 aromatic carbocycles. The number of ether oxygens (including phenoxy) is 1. The number of benzene rings is 1. The molecule has 2 N–H and O–H groups in total. The van der Waals surface area contributed by atoms with Crippen molar-refractivity contribution in [2.45, 2.75) is 49.7 Å². The molecule has 1 aliphatic rings. The van der Waals surface area contributed by atoms with Gasteiger partial charge >= 0.3 is 0 Å². The van der Waals surface area contributed by atoms with Crippen LogP contribution in [-0.4, -0.2) is 36.7 Å². The molecular weight excluding hydrogens is 282 g/mol. The van der Waals surface area contributed by atoms with Crippen LogP contribution in [0.3, 0.4) is 0 Å². The van der Waals surface area contributed by atoms with Gasteiger partial charge in [-0.2, -0.15) is 0 Å². The number of aliphatic hydroxyl groups is 1. The quantitative estimate of drug-likeness (QED) is 0.752. The van der Waals surface area contributed by atoms with Crippen molar-refractivity contribution in [3.05, 3.63) is 24.3 Å². The standard InChI is InChI=1S/C17H27NO2S/c1-13-5-3-4-6-17(13)20-12-15(19)11-18-14-7-9-16(21-2)10-8-14/h7-10,13,15,17-19H,3-6,11-12H2,1-2H3. The van der Waals surface area contributed by atoms with Gasteiger partial charge in [-0.05, 0) is 49.3 Å². The summed E-state index contributed by atoms with van der Waals surface area (Å²) in [6.45, 7) is 3.20. The second kappa shape index (κ2) is 8.66. The fourth-order valence-corrected chi connectivity index (χ4v) is 3.18. The van der Waals surface area contributed by atoms with Gasteiger partial charge in [-0.15, -0.1) is 11.8 Å². The zero-order valence-corrected chi connectivity index (χ0v) is 13.9. The van der Waals surface area contributed by atoms with Crippen LogP contribution in [-0.2, 0) is 4.74 Å². The van der Waals surface area contributed by atoms with Gasteiger partial charge in [0.05, 0.1) is 18.8 Å². The molecule has 0 radical (unpaired) electrons. The molecule has 0 aromatic heterocycles. The van der Waals surface area contributed by atoms with E-state index in [0.29, 0.717) is 25.2 Å². The van der Waals surface area contributed by atoms with Gasteiger partial charge in [-0.25, -0.2) is 0 Å². The predicted molar refractivity (Wildman–Crippen MR) is 90.1 cm³/mol. The molecule has 21 heavy (non-hydrogen) atoms. The zero-order valence-electron chi connectivity index (χ0n) is 13.0. The summed E-state index contributed by atoms with van der Waals surface area (Å²) in [7, 11) is 0. The van der Waals surface area contributed by atoms with E-state index in [1.807, 2.05) is 12.1 Å². The summed E-state index contributed by atoms with van der Waals surface area (Å²) in [5.41, 5.74) is 1.04. The molecule has 3 unspecified atom stereocenters. The lowest BCUT2D eigenvalue weighted by molar-refractivity contribution is -0.0424. The summed E-state index contributed by atoms with van der Waals surface area (Å²) < 4.78 is 5.89. The van der Waals surface area contributed by atoms with Crippen LogP contribution in [0.5, 0.6) is 0 Å². The fourth-order valence-electron chi connectivity index (χ4n) is 2.77. The van der Waals surface area contributed by atoms with E-state index in [1.54, 1.807) is 11.8 Å². The normalized spacial score (nSPS) is 23.8. The van der Waals surface area contributed by atoms with E-state index in [9.17, 15) is 5.11 Å². The van der Waals surface area contributed by atoms with Crippen LogP contribution >= 0.6 is 11.8 Å². The Morgan fingerprint density at radius 3 is 2.67 bits per heavy atom. The first-order valence-electron chi connectivity index (χ1n) is 7.86. The highest BCUT2D eigenvalue weighted by Gasteiger charge is 2.22. The molecule has 0 spiro atoms. The number of nitrogens with one attached hydrogen (secondary N) is 1. The van der Waals surface area contributed by atoms with Crippen molar-refractivity contribution in [1.29, 1.82) is 0 Å². The molecule has 4 heteroatoms. The third-order valence-corrected chi connectivity index (χ3v) is 4.91. The Morgan fingerprint density at radius 1 is 1.29 bits per heavy atom. The SMILES string of the molecule is CSc1ccc(NCC(O)COC2CCCCC2C)cc1. The minimum atomic E-state index is -0.459. The molecule has 0 bridgehead atoms. The fraction of sp³-hybridized carbons (Fsp3) is 0.647. The molecule has 1 saturated carbocycles. The van der Waals surface area contributed by atoms with E-state index in [0.717, 1.165) is 12.1 Å². The maximum atomic E-state index is 10.0. The Hall–Kier alpha value is -0.710. The van der Waals surface area contributed by atoms with Crippen LogP contribution in [0.15, 0.2) is 29.2 Å². The predicted octanol–water partition coefficient (Wildman–Crippen LogP) is 3.78. The number of hydrogen-bond donors (Lipinski definition) is 2. The van der Waals surface area contributed by atoms with Crippen molar-refractivity contribution < 1.29 is 9.84 Å². The highest BCUT2D eigenvalue weighted by molar-refractivity contribution is 7.98. The number of anilines is 1. The molecule has 0 heterocycles. The zero-order chi connectivity index (χ0) is 15.1. The monoisotopic (exact) mass is 309 g/mol. The van der Waals surface area contributed by atoms with Gasteiger partial charge in [-0.1, -0.05) is 19.8 Å². The Labute approximate surface area is 132 Å². The molecular formula is C17H27NO2S. The third-order valence-electron chi connectivity index (χ3n) is 4.17. The van der Waals surface area contributed by atoms with Crippen LogP contribution < -0.4 is 5.32 Å². The van der Waals surface area contributed by atoms with Crippen molar-refractivity contribution >= 4 is 17.4 Å². The molecule has 1 aromatic rings. The molecule has 2 rings (SSSR count). The molecule has 0 saturated heterocycles.